The van der Waals surface area contributed by atoms with E-state index >= 15 is 0 Å². The molecule has 0 aromatic heterocycles. The third-order valence-corrected chi connectivity index (χ3v) is 14.3. The van der Waals surface area contributed by atoms with Crippen molar-refractivity contribution in [3.8, 4) is 34.5 Å². The Hall–Kier alpha value is -5.18. The maximum absolute atomic E-state index is 6.95. The van der Waals surface area contributed by atoms with E-state index in [0.29, 0.717) is 103 Å². The molecule has 3 aliphatic rings. The Morgan fingerprint density at radius 2 is 0.757 bits per heavy atom. The first-order valence-corrected chi connectivity index (χ1v) is 28.5. The van der Waals surface area contributed by atoms with Crippen LogP contribution in [0.5, 0.6) is 34.5 Å². The Balaban J connectivity index is 1.25. The Morgan fingerprint density at radius 1 is 0.392 bits per heavy atom. The van der Waals surface area contributed by atoms with Crippen molar-refractivity contribution in [1.29, 1.82) is 0 Å². The zero-order chi connectivity index (χ0) is 52.0. The minimum Gasteiger partial charge on any atom is -0.493 e. The summed E-state index contributed by atoms with van der Waals surface area (Å²) in [4.78, 5) is 0. The molecule has 74 heavy (non-hydrogen) atoms. The van der Waals surface area contributed by atoms with Crippen molar-refractivity contribution in [2.45, 2.75) is 163 Å². The fourth-order valence-corrected chi connectivity index (χ4v) is 11.0. The van der Waals surface area contributed by atoms with Gasteiger partial charge >= 0.3 is 0 Å². The van der Waals surface area contributed by atoms with Gasteiger partial charge in [0.25, 0.3) is 0 Å². The molecule has 0 saturated heterocycles. The lowest BCUT2D eigenvalue weighted by molar-refractivity contribution is 0.0695. The highest BCUT2D eigenvalue weighted by Gasteiger charge is 2.29. The summed E-state index contributed by atoms with van der Waals surface area (Å²) in [5, 5.41) is 0. The molecule has 8 heteroatoms. The second kappa shape index (κ2) is 29.2. The maximum Gasteiger partial charge on any atom is 0.161 e. The Bertz CT molecular complexity index is 2360. The van der Waals surface area contributed by atoms with Crippen LogP contribution >= 0.6 is 0 Å². The Morgan fingerprint density at radius 3 is 1.16 bits per heavy atom. The lowest BCUT2D eigenvalue weighted by atomic mass is 9.72. The second-order valence-electron chi connectivity index (χ2n) is 22.5. The molecule has 0 radical (unpaired) electrons. The standard InChI is InChI=1S/C66H90O8/c1-8-10-12-14-16-18-34-71-61-50-24-20-26-52(61)46-56-30-23-31-57-47-53-27-21-25-51(62(53)72-35-19-17-15-13-11-9-2)45-55-29-22-28-54(44-50)63(55)73-42-38-67-36-40-69-59-33-32-58(66(6,7)49-65(3,4)5)48-60(59)70-41-37-68-39-43-74-64(56)57/h20-33,48H,8-19,34-47,49H2,1-7H3. The fraction of sp³-hybridized carbons (Fsp3) is 0.545. The first kappa shape index (κ1) is 56.5. The monoisotopic (exact) mass is 1010 g/mol. The molecule has 5 aromatic carbocycles. The van der Waals surface area contributed by atoms with E-state index in [1.54, 1.807) is 0 Å². The van der Waals surface area contributed by atoms with Crippen molar-refractivity contribution in [1.82, 2.24) is 0 Å². The van der Waals surface area contributed by atoms with Crippen LogP contribution in [-0.2, 0) is 40.6 Å². The minimum atomic E-state index is -0.0619. The normalized spacial score (nSPS) is 14.9. The Kier molecular flexibility index (Phi) is 22.3. The number of unbranched alkanes of at least 4 members (excludes halogenated alkanes) is 10. The van der Waals surface area contributed by atoms with Gasteiger partial charge < -0.3 is 37.9 Å². The van der Waals surface area contributed by atoms with Gasteiger partial charge in [0.15, 0.2) is 11.5 Å². The largest absolute Gasteiger partial charge is 0.493 e. The van der Waals surface area contributed by atoms with Crippen LogP contribution < -0.4 is 28.4 Å². The molecule has 0 spiro atoms. The summed E-state index contributed by atoms with van der Waals surface area (Å²) in [5.41, 5.74) is 10.4. The summed E-state index contributed by atoms with van der Waals surface area (Å²) in [6.07, 6.45) is 18.0. The van der Waals surface area contributed by atoms with Gasteiger partial charge in [-0.1, -0.05) is 192 Å². The van der Waals surface area contributed by atoms with Gasteiger partial charge in [0.2, 0.25) is 0 Å². The van der Waals surface area contributed by atoms with Crippen LogP contribution in [0.1, 0.15) is 182 Å². The SMILES string of the molecule is CCCCCCCCOc1c2cccc1Cc1cccc3c1OCCOCCOc1cc(C(C)(C)CC(C)(C)C)ccc1OCCOCCOc1c(cccc1Cc1cccc(c1OCCCCCCCC)C3)C2. The van der Waals surface area contributed by atoms with E-state index in [-0.39, 0.29) is 10.8 Å². The lowest BCUT2D eigenvalue weighted by Crippen LogP contribution is -2.25. The number of para-hydroxylation sites is 4. The van der Waals surface area contributed by atoms with E-state index in [1.165, 1.54) is 56.9 Å². The van der Waals surface area contributed by atoms with E-state index in [9.17, 15) is 0 Å². The summed E-state index contributed by atoms with van der Waals surface area (Å²) in [5.74, 6) is 5.11. The summed E-state index contributed by atoms with van der Waals surface area (Å²) in [6, 6.07) is 32.9. The topological polar surface area (TPSA) is 73.8 Å². The Labute approximate surface area is 446 Å². The molecule has 5 aromatic rings. The van der Waals surface area contributed by atoms with Gasteiger partial charge in [-0.3, -0.25) is 0 Å². The average molecular weight is 1010 g/mol. The molecule has 0 amide bonds. The van der Waals surface area contributed by atoms with Crippen LogP contribution in [-0.4, -0.2) is 66.1 Å². The molecule has 2 heterocycles. The highest BCUT2D eigenvalue weighted by molar-refractivity contribution is 5.56. The molecule has 10 bridgehead atoms. The predicted octanol–water partition coefficient (Wildman–Crippen LogP) is 15.8. The first-order chi connectivity index (χ1) is 36.0. The van der Waals surface area contributed by atoms with Gasteiger partial charge in [0, 0.05) is 25.7 Å². The third kappa shape index (κ3) is 17.2. The summed E-state index contributed by atoms with van der Waals surface area (Å²) < 4.78 is 53.1. The number of rotatable bonds is 18. The number of hydrogen-bond donors (Lipinski definition) is 0. The molecular weight excluding hydrogens is 921 g/mol. The van der Waals surface area contributed by atoms with Crippen molar-refractivity contribution in [3.05, 3.63) is 141 Å². The molecule has 0 fully saturated rings. The molecule has 8 rings (SSSR count). The summed E-state index contributed by atoms with van der Waals surface area (Å²) in [7, 11) is 0. The van der Waals surface area contributed by atoms with Gasteiger partial charge in [0.05, 0.1) is 39.6 Å². The van der Waals surface area contributed by atoms with E-state index in [2.05, 4.69) is 133 Å². The van der Waals surface area contributed by atoms with Crippen LogP contribution in [0, 0.1) is 5.41 Å². The molecular formula is C66H90O8. The fourth-order valence-electron chi connectivity index (χ4n) is 11.0. The number of ether oxygens (including phenoxy) is 8. The van der Waals surface area contributed by atoms with E-state index in [4.69, 9.17) is 37.9 Å². The highest BCUT2D eigenvalue weighted by atomic mass is 16.6. The molecule has 402 valence electrons. The van der Waals surface area contributed by atoms with E-state index in [1.807, 2.05) is 6.07 Å². The van der Waals surface area contributed by atoms with Gasteiger partial charge in [0.1, 0.15) is 49.4 Å². The first-order valence-electron chi connectivity index (χ1n) is 28.5. The van der Waals surface area contributed by atoms with E-state index < -0.39 is 0 Å². The molecule has 0 unspecified atom stereocenters. The van der Waals surface area contributed by atoms with Crippen LogP contribution in [0.25, 0.3) is 0 Å². The average Bonchev–Trinajstić information content (AvgIpc) is 3.37. The van der Waals surface area contributed by atoms with Gasteiger partial charge in [-0.25, -0.2) is 0 Å². The zero-order valence-electron chi connectivity index (χ0n) is 46.5. The minimum absolute atomic E-state index is 0.0619. The molecule has 2 aliphatic heterocycles. The van der Waals surface area contributed by atoms with Crippen LogP contribution in [0.3, 0.4) is 0 Å². The van der Waals surface area contributed by atoms with Crippen molar-refractivity contribution < 1.29 is 37.9 Å². The smallest absolute Gasteiger partial charge is 0.161 e. The van der Waals surface area contributed by atoms with Gasteiger partial charge in [-0.15, -0.1) is 0 Å². The predicted molar refractivity (Wildman–Crippen MR) is 302 cm³/mol. The summed E-state index contributed by atoms with van der Waals surface area (Å²) >= 11 is 0. The van der Waals surface area contributed by atoms with E-state index in [0.717, 1.165) is 99.6 Å². The van der Waals surface area contributed by atoms with Crippen molar-refractivity contribution in [3.63, 3.8) is 0 Å². The number of benzene rings is 5. The molecule has 0 N–H and O–H groups in total. The van der Waals surface area contributed by atoms with Crippen molar-refractivity contribution >= 4 is 0 Å². The third-order valence-electron chi connectivity index (χ3n) is 14.3. The number of fused-ring (bicyclic) bond motifs is 12. The quantitative estimate of drug-likeness (QED) is 0.0623. The van der Waals surface area contributed by atoms with Gasteiger partial charge in [-0.05, 0) is 92.3 Å². The van der Waals surface area contributed by atoms with Crippen LogP contribution in [0.15, 0.2) is 91.0 Å². The molecule has 1 aliphatic carbocycles. The lowest BCUT2D eigenvalue weighted by Gasteiger charge is -2.33. The molecule has 0 atom stereocenters. The highest BCUT2D eigenvalue weighted by Crippen LogP contribution is 2.41. The van der Waals surface area contributed by atoms with Crippen molar-refractivity contribution in [2.24, 2.45) is 5.41 Å². The molecule has 0 saturated carbocycles. The summed E-state index contributed by atoms with van der Waals surface area (Å²) in [6.45, 7) is 20.5. The van der Waals surface area contributed by atoms with Crippen molar-refractivity contribution in [2.75, 3.05) is 66.1 Å². The van der Waals surface area contributed by atoms with Gasteiger partial charge in [-0.2, -0.15) is 0 Å². The zero-order valence-corrected chi connectivity index (χ0v) is 46.5. The second-order valence-corrected chi connectivity index (χ2v) is 22.5. The van der Waals surface area contributed by atoms with Crippen LogP contribution in [0.4, 0.5) is 0 Å². The number of hydrogen-bond acceptors (Lipinski definition) is 8. The maximum atomic E-state index is 6.95. The van der Waals surface area contributed by atoms with Crippen LogP contribution in [0.2, 0.25) is 0 Å². The molecule has 8 nitrogen and oxygen atoms in total.